The molecule has 0 saturated carbocycles. The van der Waals surface area contributed by atoms with E-state index in [0.717, 1.165) is 28.9 Å². The molecule has 88 valence electrons. The third-order valence-electron chi connectivity index (χ3n) is 2.89. The summed E-state index contributed by atoms with van der Waals surface area (Å²) in [5, 5.41) is 7.35. The van der Waals surface area contributed by atoms with Gasteiger partial charge in [0.1, 0.15) is 5.82 Å². The lowest BCUT2D eigenvalue weighted by Gasteiger charge is -2.12. The van der Waals surface area contributed by atoms with E-state index in [1.807, 2.05) is 0 Å². The number of hydrogen-bond donors (Lipinski definition) is 1. The minimum atomic E-state index is -0.420. The standard InChI is InChI=1S/C12H10ClFN2O/c13-9-5-7(1-2-10(9)14)12-8-6-17-4-3-11(8)15-16-12/h1-2,5H,3-4,6H2,(H,15,16). The third kappa shape index (κ3) is 1.83. The van der Waals surface area contributed by atoms with Crippen LogP contribution in [0.25, 0.3) is 11.3 Å². The van der Waals surface area contributed by atoms with Crippen molar-refractivity contribution < 1.29 is 9.13 Å². The molecule has 2 heterocycles. The van der Waals surface area contributed by atoms with Crippen molar-refractivity contribution in [3.8, 4) is 11.3 Å². The molecule has 0 bridgehead atoms. The van der Waals surface area contributed by atoms with Crippen LogP contribution in [-0.2, 0) is 17.8 Å². The Balaban J connectivity index is 2.09. The van der Waals surface area contributed by atoms with Gasteiger partial charge in [-0.2, -0.15) is 5.10 Å². The van der Waals surface area contributed by atoms with E-state index in [1.165, 1.54) is 6.07 Å². The normalized spacial score (nSPS) is 14.7. The summed E-state index contributed by atoms with van der Waals surface area (Å²) in [6.07, 6.45) is 0.831. The van der Waals surface area contributed by atoms with Gasteiger partial charge in [0.25, 0.3) is 0 Å². The lowest BCUT2D eigenvalue weighted by molar-refractivity contribution is 0.110. The number of fused-ring (bicyclic) bond motifs is 1. The molecule has 1 aliphatic heterocycles. The lowest BCUT2D eigenvalue weighted by atomic mass is 10.0. The van der Waals surface area contributed by atoms with E-state index in [4.69, 9.17) is 16.3 Å². The Morgan fingerprint density at radius 2 is 2.29 bits per heavy atom. The molecule has 0 amide bonds. The van der Waals surface area contributed by atoms with Crippen LogP contribution in [0.15, 0.2) is 18.2 Å². The van der Waals surface area contributed by atoms with Gasteiger partial charge in [-0.1, -0.05) is 11.6 Å². The summed E-state index contributed by atoms with van der Waals surface area (Å²) in [5.41, 5.74) is 3.73. The summed E-state index contributed by atoms with van der Waals surface area (Å²) in [5.74, 6) is -0.420. The molecule has 0 spiro atoms. The molecule has 3 rings (SSSR count). The van der Waals surface area contributed by atoms with Gasteiger partial charge in [0.2, 0.25) is 0 Å². The number of nitrogens with zero attached hydrogens (tertiary/aromatic N) is 1. The van der Waals surface area contributed by atoms with Gasteiger partial charge in [-0.05, 0) is 18.2 Å². The fourth-order valence-corrected chi connectivity index (χ4v) is 2.17. The Morgan fingerprint density at radius 3 is 3.12 bits per heavy atom. The van der Waals surface area contributed by atoms with Gasteiger partial charge in [-0.3, -0.25) is 5.10 Å². The molecule has 0 aliphatic carbocycles. The maximum Gasteiger partial charge on any atom is 0.141 e. The Labute approximate surface area is 103 Å². The fourth-order valence-electron chi connectivity index (χ4n) is 1.99. The molecular weight excluding hydrogens is 243 g/mol. The van der Waals surface area contributed by atoms with Crippen molar-refractivity contribution in [1.29, 1.82) is 0 Å². The van der Waals surface area contributed by atoms with Crippen LogP contribution in [0.5, 0.6) is 0 Å². The van der Waals surface area contributed by atoms with Gasteiger partial charge < -0.3 is 4.74 Å². The molecular formula is C12H10ClFN2O. The van der Waals surface area contributed by atoms with Crippen LogP contribution in [0, 0.1) is 5.82 Å². The first-order valence-electron chi connectivity index (χ1n) is 5.35. The van der Waals surface area contributed by atoms with E-state index in [-0.39, 0.29) is 5.02 Å². The quantitative estimate of drug-likeness (QED) is 0.847. The largest absolute Gasteiger partial charge is 0.376 e. The second kappa shape index (κ2) is 4.13. The predicted molar refractivity (Wildman–Crippen MR) is 62.4 cm³/mol. The molecule has 0 radical (unpaired) electrons. The minimum absolute atomic E-state index is 0.107. The zero-order chi connectivity index (χ0) is 11.8. The van der Waals surface area contributed by atoms with E-state index in [0.29, 0.717) is 13.2 Å². The van der Waals surface area contributed by atoms with E-state index in [1.54, 1.807) is 12.1 Å². The third-order valence-corrected chi connectivity index (χ3v) is 3.18. The number of hydrogen-bond acceptors (Lipinski definition) is 2. The van der Waals surface area contributed by atoms with Gasteiger partial charge in [0, 0.05) is 23.2 Å². The second-order valence-electron chi connectivity index (χ2n) is 3.96. The number of halogens is 2. The van der Waals surface area contributed by atoms with Crippen molar-refractivity contribution in [3.05, 3.63) is 40.3 Å². The van der Waals surface area contributed by atoms with Crippen molar-refractivity contribution in [1.82, 2.24) is 10.2 Å². The second-order valence-corrected chi connectivity index (χ2v) is 4.37. The summed E-state index contributed by atoms with van der Waals surface area (Å²) in [6.45, 7) is 1.25. The van der Waals surface area contributed by atoms with E-state index < -0.39 is 5.82 Å². The molecule has 3 nitrogen and oxygen atoms in total. The molecule has 1 N–H and O–H groups in total. The van der Waals surface area contributed by atoms with Crippen LogP contribution in [0.4, 0.5) is 4.39 Å². The Hall–Kier alpha value is -1.39. The van der Waals surface area contributed by atoms with Crippen molar-refractivity contribution in [3.63, 3.8) is 0 Å². The first-order valence-corrected chi connectivity index (χ1v) is 5.73. The fraction of sp³-hybridized carbons (Fsp3) is 0.250. The number of benzene rings is 1. The van der Waals surface area contributed by atoms with Crippen molar-refractivity contribution in [2.24, 2.45) is 0 Å². The van der Waals surface area contributed by atoms with Crippen LogP contribution in [0.3, 0.4) is 0 Å². The molecule has 1 aromatic heterocycles. The van der Waals surface area contributed by atoms with Gasteiger partial charge in [0.15, 0.2) is 0 Å². The number of aromatic nitrogens is 2. The molecule has 2 aromatic rings. The maximum atomic E-state index is 13.1. The van der Waals surface area contributed by atoms with Gasteiger partial charge >= 0.3 is 0 Å². The summed E-state index contributed by atoms with van der Waals surface area (Å²) >= 11 is 5.77. The number of rotatable bonds is 1. The number of H-pyrrole nitrogens is 1. The highest BCUT2D eigenvalue weighted by Gasteiger charge is 2.18. The summed E-state index contributed by atoms with van der Waals surface area (Å²) < 4.78 is 18.5. The monoisotopic (exact) mass is 252 g/mol. The predicted octanol–water partition coefficient (Wildman–Crippen LogP) is 2.94. The van der Waals surface area contributed by atoms with Crippen LogP contribution >= 0.6 is 11.6 Å². The zero-order valence-electron chi connectivity index (χ0n) is 8.96. The average molecular weight is 253 g/mol. The van der Waals surface area contributed by atoms with E-state index >= 15 is 0 Å². The van der Waals surface area contributed by atoms with Crippen LogP contribution < -0.4 is 0 Å². The summed E-state index contributed by atoms with van der Waals surface area (Å²) in [6, 6.07) is 4.61. The Bertz CT molecular complexity index is 568. The van der Waals surface area contributed by atoms with Gasteiger partial charge in [0.05, 0.1) is 23.9 Å². The minimum Gasteiger partial charge on any atom is -0.376 e. The molecule has 0 atom stereocenters. The van der Waals surface area contributed by atoms with Crippen LogP contribution in [-0.4, -0.2) is 16.8 Å². The summed E-state index contributed by atoms with van der Waals surface area (Å²) in [4.78, 5) is 0. The highest BCUT2D eigenvalue weighted by Crippen LogP contribution is 2.29. The van der Waals surface area contributed by atoms with Crippen LogP contribution in [0.2, 0.25) is 5.02 Å². The van der Waals surface area contributed by atoms with E-state index in [9.17, 15) is 4.39 Å². The van der Waals surface area contributed by atoms with Gasteiger partial charge in [-0.25, -0.2) is 4.39 Å². The molecule has 0 unspecified atom stereocenters. The van der Waals surface area contributed by atoms with Gasteiger partial charge in [-0.15, -0.1) is 0 Å². The first kappa shape index (κ1) is 10.7. The molecule has 5 heteroatoms. The van der Waals surface area contributed by atoms with Crippen molar-refractivity contribution in [2.45, 2.75) is 13.0 Å². The molecule has 17 heavy (non-hydrogen) atoms. The highest BCUT2D eigenvalue weighted by molar-refractivity contribution is 6.31. The topological polar surface area (TPSA) is 37.9 Å². The Morgan fingerprint density at radius 1 is 1.41 bits per heavy atom. The molecule has 0 saturated heterocycles. The highest BCUT2D eigenvalue weighted by atomic mass is 35.5. The first-order chi connectivity index (χ1) is 8.25. The number of aromatic amines is 1. The van der Waals surface area contributed by atoms with Crippen LogP contribution in [0.1, 0.15) is 11.3 Å². The Kier molecular flexibility index (Phi) is 2.61. The van der Waals surface area contributed by atoms with Crippen molar-refractivity contribution in [2.75, 3.05) is 6.61 Å². The molecule has 1 aromatic carbocycles. The number of ether oxygens (including phenoxy) is 1. The molecule has 0 fully saturated rings. The number of nitrogens with one attached hydrogen (secondary N) is 1. The van der Waals surface area contributed by atoms with Crippen molar-refractivity contribution >= 4 is 11.6 Å². The SMILES string of the molecule is Fc1ccc(-c2n[nH]c3c2COCC3)cc1Cl. The zero-order valence-corrected chi connectivity index (χ0v) is 9.72. The lowest BCUT2D eigenvalue weighted by Crippen LogP contribution is -2.08. The average Bonchev–Trinajstić information content (AvgIpc) is 2.76. The summed E-state index contributed by atoms with van der Waals surface area (Å²) in [7, 11) is 0. The van der Waals surface area contributed by atoms with E-state index in [2.05, 4.69) is 10.2 Å². The molecule has 1 aliphatic rings. The smallest absolute Gasteiger partial charge is 0.141 e. The maximum absolute atomic E-state index is 13.1.